The van der Waals surface area contributed by atoms with Gasteiger partial charge in [0.2, 0.25) is 5.92 Å². The van der Waals surface area contributed by atoms with Crippen LogP contribution in [-0.4, -0.2) is 77.8 Å². The molecule has 5 heterocycles. The Morgan fingerprint density at radius 2 is 1.93 bits per heavy atom. The number of fused-ring (bicyclic) bond motifs is 3. The van der Waals surface area contributed by atoms with Crippen molar-refractivity contribution in [2.75, 3.05) is 24.6 Å². The summed E-state index contributed by atoms with van der Waals surface area (Å²) in [6.07, 6.45) is 4.65. The Bertz CT molecular complexity index is 1580. The SMILES string of the molecule is CC[C@@H]1CN(c2nc3nncn3c3c2nc(C)n3C[C@@H]2CCCO2)[C@@H](C)CN1C(c1ccc(Cl)cc1)C1CC(F)(F)C1. The van der Waals surface area contributed by atoms with Gasteiger partial charge in [0.1, 0.15) is 17.7 Å². The van der Waals surface area contributed by atoms with Gasteiger partial charge >= 0.3 is 0 Å². The van der Waals surface area contributed by atoms with E-state index >= 15 is 0 Å². The molecule has 1 saturated carbocycles. The summed E-state index contributed by atoms with van der Waals surface area (Å²) in [4.78, 5) is 14.8. The topological polar surface area (TPSA) is 76.6 Å². The zero-order valence-electron chi connectivity index (χ0n) is 24.3. The molecule has 2 saturated heterocycles. The molecule has 1 aliphatic carbocycles. The smallest absolute Gasteiger partial charge is 0.258 e. The Kier molecular flexibility index (Phi) is 7.10. The van der Waals surface area contributed by atoms with Gasteiger partial charge in [0.15, 0.2) is 11.5 Å². The minimum atomic E-state index is -2.59. The van der Waals surface area contributed by atoms with E-state index in [-0.39, 0.29) is 43.0 Å². The first-order valence-corrected chi connectivity index (χ1v) is 15.4. The van der Waals surface area contributed by atoms with Crippen LogP contribution in [0, 0.1) is 12.8 Å². The van der Waals surface area contributed by atoms with Crippen molar-refractivity contribution >= 4 is 34.4 Å². The Hall–Kier alpha value is -2.89. The zero-order chi connectivity index (χ0) is 29.2. The first kappa shape index (κ1) is 27.9. The van der Waals surface area contributed by atoms with Crippen LogP contribution in [0.5, 0.6) is 0 Å². The van der Waals surface area contributed by atoms with E-state index in [4.69, 9.17) is 26.3 Å². The maximum atomic E-state index is 14.2. The Morgan fingerprint density at radius 1 is 1.14 bits per heavy atom. The molecule has 3 aromatic heterocycles. The fourth-order valence-electron chi connectivity index (χ4n) is 7.35. The third-order valence-electron chi connectivity index (χ3n) is 9.48. The van der Waals surface area contributed by atoms with Crippen molar-refractivity contribution in [2.45, 2.75) is 89.6 Å². The van der Waals surface area contributed by atoms with Crippen LogP contribution < -0.4 is 4.90 Å². The molecule has 9 nitrogen and oxygen atoms in total. The lowest BCUT2D eigenvalue weighted by atomic mass is 9.73. The Labute approximate surface area is 248 Å². The van der Waals surface area contributed by atoms with Gasteiger partial charge in [-0.25, -0.2) is 18.2 Å². The van der Waals surface area contributed by atoms with Crippen molar-refractivity contribution in [1.82, 2.24) is 34.0 Å². The molecule has 2 aliphatic heterocycles. The molecule has 4 aromatic rings. The number of alkyl halides is 2. The van der Waals surface area contributed by atoms with E-state index < -0.39 is 5.92 Å². The predicted molar refractivity (Wildman–Crippen MR) is 157 cm³/mol. The third-order valence-corrected chi connectivity index (χ3v) is 9.73. The molecule has 4 atom stereocenters. The molecule has 7 rings (SSSR count). The van der Waals surface area contributed by atoms with Crippen LogP contribution in [0.3, 0.4) is 0 Å². The number of imidazole rings is 1. The molecule has 0 bridgehead atoms. The summed E-state index contributed by atoms with van der Waals surface area (Å²) in [6.45, 7) is 9.31. The van der Waals surface area contributed by atoms with Crippen LogP contribution in [0.1, 0.15) is 63.4 Å². The van der Waals surface area contributed by atoms with Gasteiger partial charge in [0, 0.05) is 55.7 Å². The van der Waals surface area contributed by atoms with Crippen LogP contribution in [-0.2, 0) is 11.3 Å². The summed E-state index contributed by atoms with van der Waals surface area (Å²) in [5.74, 6) is -0.472. The summed E-state index contributed by atoms with van der Waals surface area (Å²) in [6, 6.07) is 7.83. The van der Waals surface area contributed by atoms with Crippen molar-refractivity contribution < 1.29 is 13.5 Å². The minimum absolute atomic E-state index is 0.0629. The van der Waals surface area contributed by atoms with E-state index in [0.717, 1.165) is 60.8 Å². The lowest BCUT2D eigenvalue weighted by Crippen LogP contribution is -2.60. The molecule has 0 amide bonds. The highest BCUT2D eigenvalue weighted by Crippen LogP contribution is 2.51. The van der Waals surface area contributed by atoms with E-state index in [1.807, 2.05) is 35.6 Å². The van der Waals surface area contributed by atoms with Gasteiger partial charge in [0.05, 0.1) is 12.6 Å². The molecular weight excluding hydrogens is 562 g/mol. The first-order valence-electron chi connectivity index (χ1n) is 15.1. The normalized spacial score (nSPS) is 25.9. The number of aromatic nitrogens is 6. The second-order valence-electron chi connectivity index (χ2n) is 12.3. The fourth-order valence-corrected chi connectivity index (χ4v) is 7.48. The standard InChI is InChI=1S/C30H37ClF2N8O/c1-4-23-15-38(18(2)14-40(23)26(21-12-30(32,33)13-21)20-7-9-22(31)10-8-20)27-25-28(41-17-34-37-29(41)36-27)39(19(3)35-25)16-24-6-5-11-42-24/h7-10,17-18,21,23-24,26H,4-6,11-16H2,1-3H3/t18-,23+,24-,26?/m0/s1. The molecule has 3 fully saturated rings. The van der Waals surface area contributed by atoms with Crippen LogP contribution in [0.25, 0.3) is 16.9 Å². The highest BCUT2D eigenvalue weighted by molar-refractivity contribution is 6.30. The number of nitrogens with zero attached hydrogens (tertiary/aromatic N) is 8. The molecule has 224 valence electrons. The number of anilines is 1. The largest absolute Gasteiger partial charge is 0.376 e. The Morgan fingerprint density at radius 3 is 2.62 bits per heavy atom. The summed E-state index contributed by atoms with van der Waals surface area (Å²) < 4.78 is 38.4. The monoisotopic (exact) mass is 598 g/mol. The quantitative estimate of drug-likeness (QED) is 0.270. The van der Waals surface area contributed by atoms with Crippen molar-refractivity contribution in [3.63, 3.8) is 0 Å². The number of hydrogen-bond donors (Lipinski definition) is 0. The number of halogens is 3. The number of benzene rings is 1. The fraction of sp³-hybridized carbons (Fsp3) is 0.600. The van der Waals surface area contributed by atoms with Crippen molar-refractivity contribution in [1.29, 1.82) is 0 Å². The van der Waals surface area contributed by atoms with Crippen molar-refractivity contribution in [3.8, 4) is 0 Å². The summed E-state index contributed by atoms with van der Waals surface area (Å²) in [7, 11) is 0. The number of piperazine rings is 1. The highest BCUT2D eigenvalue weighted by atomic mass is 35.5. The summed E-state index contributed by atoms with van der Waals surface area (Å²) in [5, 5.41) is 9.15. The molecule has 0 radical (unpaired) electrons. The third kappa shape index (κ3) is 4.83. The van der Waals surface area contributed by atoms with Crippen LogP contribution in [0.2, 0.25) is 5.02 Å². The van der Waals surface area contributed by atoms with Crippen LogP contribution in [0.15, 0.2) is 30.6 Å². The van der Waals surface area contributed by atoms with Crippen LogP contribution in [0.4, 0.5) is 14.6 Å². The molecular formula is C30H37ClF2N8O. The molecule has 0 N–H and O–H groups in total. The zero-order valence-corrected chi connectivity index (χ0v) is 25.0. The second-order valence-corrected chi connectivity index (χ2v) is 12.7. The number of ether oxygens (including phenoxy) is 1. The molecule has 42 heavy (non-hydrogen) atoms. The second kappa shape index (κ2) is 10.7. The highest BCUT2D eigenvalue weighted by Gasteiger charge is 2.51. The average molecular weight is 599 g/mol. The maximum absolute atomic E-state index is 14.2. The van der Waals surface area contributed by atoms with Gasteiger partial charge in [-0.1, -0.05) is 30.7 Å². The predicted octanol–water partition coefficient (Wildman–Crippen LogP) is 5.69. The molecule has 1 unspecified atom stereocenters. The Balaban J connectivity index is 1.25. The maximum Gasteiger partial charge on any atom is 0.258 e. The van der Waals surface area contributed by atoms with Gasteiger partial charge in [-0.3, -0.25) is 4.90 Å². The summed E-state index contributed by atoms with van der Waals surface area (Å²) in [5.41, 5.74) is 2.79. The van der Waals surface area contributed by atoms with Crippen molar-refractivity contribution in [3.05, 3.63) is 47.0 Å². The van der Waals surface area contributed by atoms with Gasteiger partial charge in [0.25, 0.3) is 5.78 Å². The van der Waals surface area contributed by atoms with E-state index in [0.29, 0.717) is 23.9 Å². The van der Waals surface area contributed by atoms with E-state index in [1.165, 1.54) is 0 Å². The first-order chi connectivity index (χ1) is 20.2. The molecule has 12 heteroatoms. The lowest BCUT2D eigenvalue weighted by Gasteiger charge is -2.53. The number of hydrogen-bond acceptors (Lipinski definition) is 7. The van der Waals surface area contributed by atoms with Gasteiger partial charge < -0.3 is 14.2 Å². The minimum Gasteiger partial charge on any atom is -0.376 e. The van der Waals surface area contributed by atoms with Gasteiger partial charge in [-0.05, 0) is 56.7 Å². The van der Waals surface area contributed by atoms with Crippen LogP contribution >= 0.6 is 11.6 Å². The van der Waals surface area contributed by atoms with E-state index in [1.54, 1.807) is 6.33 Å². The van der Waals surface area contributed by atoms with Gasteiger partial charge in [-0.2, -0.15) is 4.98 Å². The molecule has 1 aromatic carbocycles. The number of aryl methyl sites for hydroxylation is 1. The van der Waals surface area contributed by atoms with Gasteiger partial charge in [-0.15, -0.1) is 10.2 Å². The van der Waals surface area contributed by atoms with E-state index in [2.05, 4.69) is 38.4 Å². The molecule has 0 spiro atoms. The summed E-state index contributed by atoms with van der Waals surface area (Å²) >= 11 is 6.21. The van der Waals surface area contributed by atoms with E-state index in [9.17, 15) is 8.78 Å². The molecule has 3 aliphatic rings. The lowest BCUT2D eigenvalue weighted by molar-refractivity contribution is -0.137. The number of rotatable bonds is 7. The van der Waals surface area contributed by atoms with Crippen molar-refractivity contribution in [2.24, 2.45) is 5.92 Å². The average Bonchev–Trinajstić information content (AvgIpc) is 3.70.